The van der Waals surface area contributed by atoms with Gasteiger partial charge in [0.15, 0.2) is 6.29 Å². The van der Waals surface area contributed by atoms with Crippen molar-refractivity contribution >= 4 is 17.9 Å². The third-order valence-electron chi connectivity index (χ3n) is 2.48. The summed E-state index contributed by atoms with van der Waals surface area (Å²) in [4.78, 5) is 24.6. The molecule has 1 heterocycles. The zero-order valence-electron chi connectivity index (χ0n) is 8.94. The van der Waals surface area contributed by atoms with Gasteiger partial charge in [0.2, 0.25) is 0 Å². The topological polar surface area (TPSA) is 49.9 Å². The van der Waals surface area contributed by atoms with Gasteiger partial charge in [0.25, 0.3) is 5.56 Å². The minimum Gasteiger partial charge on any atom is -0.319 e. The number of aldehydes is 1. The van der Waals surface area contributed by atoms with E-state index in [1.54, 1.807) is 18.2 Å². The largest absolute Gasteiger partial charge is 0.319 e. The lowest BCUT2D eigenvalue weighted by molar-refractivity contribution is 0.111. The number of nitrogens with one attached hydrogen (secondary N) is 1. The average Bonchev–Trinajstić information content (AvgIpc) is 2.34. The zero-order valence-corrected chi connectivity index (χ0v) is 9.70. The molecular weight excluding hydrogens is 238 g/mol. The number of benzene rings is 1. The molecule has 0 saturated heterocycles. The normalized spacial score (nSPS) is 10.2. The lowest BCUT2D eigenvalue weighted by Gasteiger charge is -2.03. The third kappa shape index (κ3) is 2.63. The predicted molar refractivity (Wildman–Crippen MR) is 66.7 cm³/mol. The number of hydrogen-bond donors (Lipinski definition) is 1. The van der Waals surface area contributed by atoms with Crippen LogP contribution >= 0.6 is 11.6 Å². The van der Waals surface area contributed by atoms with E-state index in [1.807, 2.05) is 18.2 Å². The summed E-state index contributed by atoms with van der Waals surface area (Å²) < 4.78 is 0. The maximum absolute atomic E-state index is 11.7. The SMILES string of the molecule is O=Cc1ccc(Cc2ccccc2Cl)c(=O)[nH]1. The van der Waals surface area contributed by atoms with Crippen LogP contribution in [0.5, 0.6) is 0 Å². The van der Waals surface area contributed by atoms with Gasteiger partial charge in [0.05, 0.1) is 5.69 Å². The first kappa shape index (κ1) is 11.6. The number of H-pyrrole nitrogens is 1. The minimum absolute atomic E-state index is 0.255. The second-order valence-electron chi connectivity index (χ2n) is 3.65. The summed E-state index contributed by atoms with van der Waals surface area (Å²) >= 11 is 6.02. The molecule has 0 bridgehead atoms. The van der Waals surface area contributed by atoms with E-state index >= 15 is 0 Å². The summed E-state index contributed by atoms with van der Waals surface area (Å²) in [6.07, 6.45) is 1.06. The molecule has 2 aromatic rings. The van der Waals surface area contributed by atoms with E-state index in [1.165, 1.54) is 0 Å². The van der Waals surface area contributed by atoms with E-state index in [-0.39, 0.29) is 11.3 Å². The first-order valence-corrected chi connectivity index (χ1v) is 5.49. The van der Waals surface area contributed by atoms with Crippen LogP contribution in [0, 0.1) is 0 Å². The number of hydrogen-bond acceptors (Lipinski definition) is 2. The van der Waals surface area contributed by atoms with Gasteiger partial charge in [0, 0.05) is 17.0 Å². The maximum atomic E-state index is 11.7. The number of pyridine rings is 1. The standard InChI is InChI=1S/C13H10ClNO2/c14-12-4-2-1-3-9(12)7-10-5-6-11(8-16)15-13(10)17/h1-6,8H,7H2,(H,15,17). The van der Waals surface area contributed by atoms with Crippen LogP contribution in [0.2, 0.25) is 5.02 Å². The molecule has 1 aromatic heterocycles. The van der Waals surface area contributed by atoms with Crippen LogP contribution in [0.4, 0.5) is 0 Å². The summed E-state index contributed by atoms with van der Waals surface area (Å²) in [7, 11) is 0. The highest BCUT2D eigenvalue weighted by Gasteiger charge is 2.05. The molecule has 2 rings (SSSR count). The molecule has 17 heavy (non-hydrogen) atoms. The molecule has 86 valence electrons. The first-order valence-electron chi connectivity index (χ1n) is 5.11. The van der Waals surface area contributed by atoms with E-state index in [0.29, 0.717) is 23.3 Å². The van der Waals surface area contributed by atoms with Crippen molar-refractivity contribution in [3.63, 3.8) is 0 Å². The van der Waals surface area contributed by atoms with Crippen molar-refractivity contribution in [2.75, 3.05) is 0 Å². The van der Waals surface area contributed by atoms with Crippen LogP contribution in [-0.4, -0.2) is 11.3 Å². The van der Waals surface area contributed by atoms with Crippen molar-refractivity contribution in [2.24, 2.45) is 0 Å². The van der Waals surface area contributed by atoms with Gasteiger partial charge in [-0.05, 0) is 17.7 Å². The van der Waals surface area contributed by atoms with Crippen LogP contribution < -0.4 is 5.56 Å². The predicted octanol–water partition coefficient (Wildman–Crippen LogP) is 2.43. The second kappa shape index (κ2) is 4.97. The highest BCUT2D eigenvalue weighted by Crippen LogP contribution is 2.17. The monoisotopic (exact) mass is 247 g/mol. The molecule has 0 saturated carbocycles. The Bertz CT molecular complexity index is 604. The Balaban J connectivity index is 2.34. The van der Waals surface area contributed by atoms with E-state index < -0.39 is 0 Å². The smallest absolute Gasteiger partial charge is 0.252 e. The lowest BCUT2D eigenvalue weighted by Crippen LogP contribution is -2.14. The Morgan fingerprint density at radius 2 is 1.88 bits per heavy atom. The molecule has 0 fully saturated rings. The Kier molecular flexibility index (Phi) is 3.40. The van der Waals surface area contributed by atoms with Gasteiger partial charge in [-0.3, -0.25) is 9.59 Å². The van der Waals surface area contributed by atoms with Crippen molar-refractivity contribution in [1.82, 2.24) is 4.98 Å². The Labute approximate surface area is 103 Å². The summed E-state index contributed by atoms with van der Waals surface area (Å²) in [5.74, 6) is 0. The fraction of sp³-hybridized carbons (Fsp3) is 0.0769. The van der Waals surface area contributed by atoms with Crippen LogP contribution in [-0.2, 0) is 6.42 Å². The second-order valence-corrected chi connectivity index (χ2v) is 4.06. The van der Waals surface area contributed by atoms with Crippen LogP contribution in [0.1, 0.15) is 21.6 Å². The molecule has 3 nitrogen and oxygen atoms in total. The summed E-state index contributed by atoms with van der Waals surface area (Å²) in [5.41, 5.74) is 1.50. The quantitative estimate of drug-likeness (QED) is 0.847. The van der Waals surface area contributed by atoms with Crippen molar-refractivity contribution in [3.05, 3.63) is 68.6 Å². The van der Waals surface area contributed by atoms with Gasteiger partial charge in [-0.1, -0.05) is 35.9 Å². The molecule has 0 unspecified atom stereocenters. The fourth-order valence-electron chi connectivity index (χ4n) is 1.57. The molecule has 0 aliphatic carbocycles. The van der Waals surface area contributed by atoms with Crippen LogP contribution in [0.15, 0.2) is 41.2 Å². The van der Waals surface area contributed by atoms with Crippen molar-refractivity contribution < 1.29 is 4.79 Å². The fourth-order valence-corrected chi connectivity index (χ4v) is 1.78. The molecule has 1 aromatic carbocycles. The van der Waals surface area contributed by atoms with Crippen LogP contribution in [0.3, 0.4) is 0 Å². The molecule has 0 atom stereocenters. The highest BCUT2D eigenvalue weighted by atomic mass is 35.5. The summed E-state index contributed by atoms with van der Waals surface area (Å²) in [5, 5.41) is 0.631. The van der Waals surface area contributed by atoms with Gasteiger partial charge in [0.1, 0.15) is 0 Å². The zero-order chi connectivity index (χ0) is 12.3. The van der Waals surface area contributed by atoms with Gasteiger partial charge >= 0.3 is 0 Å². The van der Waals surface area contributed by atoms with Gasteiger partial charge < -0.3 is 4.98 Å². The molecule has 0 aliphatic rings. The van der Waals surface area contributed by atoms with Gasteiger partial charge in [-0.15, -0.1) is 0 Å². The lowest BCUT2D eigenvalue weighted by atomic mass is 10.1. The molecule has 0 aliphatic heterocycles. The number of carbonyl (C=O) groups is 1. The van der Waals surface area contributed by atoms with E-state index in [0.717, 1.165) is 5.56 Å². The van der Waals surface area contributed by atoms with Gasteiger partial charge in [-0.25, -0.2) is 0 Å². The third-order valence-corrected chi connectivity index (χ3v) is 2.85. The molecule has 4 heteroatoms. The van der Waals surface area contributed by atoms with Crippen LogP contribution in [0.25, 0.3) is 0 Å². The Morgan fingerprint density at radius 1 is 1.12 bits per heavy atom. The molecule has 0 radical (unpaired) electrons. The average molecular weight is 248 g/mol. The molecule has 0 amide bonds. The highest BCUT2D eigenvalue weighted by molar-refractivity contribution is 6.31. The number of rotatable bonds is 3. The summed E-state index contributed by atoms with van der Waals surface area (Å²) in [6.45, 7) is 0. The number of halogens is 1. The Morgan fingerprint density at radius 3 is 2.53 bits per heavy atom. The Hall–Kier alpha value is -1.87. The van der Waals surface area contributed by atoms with Crippen molar-refractivity contribution in [2.45, 2.75) is 6.42 Å². The summed E-state index contributed by atoms with van der Waals surface area (Å²) in [6, 6.07) is 10.6. The molecule has 1 N–H and O–H groups in total. The molecular formula is C13H10ClNO2. The van der Waals surface area contributed by atoms with E-state index in [4.69, 9.17) is 11.6 Å². The van der Waals surface area contributed by atoms with Crippen molar-refractivity contribution in [1.29, 1.82) is 0 Å². The molecule has 0 spiro atoms. The number of aromatic amines is 1. The van der Waals surface area contributed by atoms with E-state index in [2.05, 4.69) is 4.98 Å². The first-order chi connectivity index (χ1) is 8.20. The van der Waals surface area contributed by atoms with Gasteiger partial charge in [-0.2, -0.15) is 0 Å². The van der Waals surface area contributed by atoms with E-state index in [9.17, 15) is 9.59 Å². The minimum atomic E-state index is -0.255. The number of aromatic nitrogens is 1. The van der Waals surface area contributed by atoms with Crippen molar-refractivity contribution in [3.8, 4) is 0 Å². The maximum Gasteiger partial charge on any atom is 0.252 e. The number of carbonyl (C=O) groups excluding carboxylic acids is 1.